The standard InChI is InChI=1S/C29H29N3O4/c1-17-6-7-18-15-30-36-28(24(18)12-17)29-14-20(35-29)10-11-32(29)16-26(33)31-19-8-9-23-25(13-19)21-4-2-3-5-22(21)27(23)34/h2-9,12-13,18,20,27,30,34H,10-11,14-16H2,1H3,(H,31,33). The molecule has 3 fully saturated rings. The maximum absolute atomic E-state index is 13.3. The fourth-order valence-corrected chi connectivity index (χ4v) is 6.30. The van der Waals surface area contributed by atoms with Crippen LogP contribution in [-0.2, 0) is 14.4 Å². The summed E-state index contributed by atoms with van der Waals surface area (Å²) < 4.78 is 6.40. The van der Waals surface area contributed by atoms with Crippen LogP contribution in [0.2, 0.25) is 0 Å². The highest BCUT2D eigenvalue weighted by atomic mass is 16.7. The third-order valence-electron chi connectivity index (χ3n) is 8.08. The van der Waals surface area contributed by atoms with Gasteiger partial charge in [-0.05, 0) is 47.7 Å². The number of hydrogen-bond acceptors (Lipinski definition) is 6. The van der Waals surface area contributed by atoms with Crippen molar-refractivity contribution in [2.75, 3.05) is 25.0 Å². The Kier molecular flexibility index (Phi) is 4.98. The zero-order chi connectivity index (χ0) is 24.4. The molecule has 0 aromatic heterocycles. The quantitative estimate of drug-likeness (QED) is 0.614. The number of allylic oxidation sites excluding steroid dienone is 3. The van der Waals surface area contributed by atoms with Gasteiger partial charge in [0, 0.05) is 36.7 Å². The van der Waals surface area contributed by atoms with E-state index in [9.17, 15) is 9.90 Å². The van der Waals surface area contributed by atoms with Crippen LogP contribution in [0.5, 0.6) is 0 Å². The van der Waals surface area contributed by atoms with Crippen molar-refractivity contribution in [1.29, 1.82) is 0 Å². The number of amides is 1. The summed E-state index contributed by atoms with van der Waals surface area (Å²) >= 11 is 0. The molecule has 184 valence electrons. The Balaban J connectivity index is 1.14. The summed E-state index contributed by atoms with van der Waals surface area (Å²) in [4.78, 5) is 21.4. The average Bonchev–Trinajstić information content (AvgIpc) is 3.15. The van der Waals surface area contributed by atoms with Crippen LogP contribution < -0.4 is 10.8 Å². The Morgan fingerprint density at radius 3 is 2.94 bits per heavy atom. The topological polar surface area (TPSA) is 83.1 Å². The van der Waals surface area contributed by atoms with E-state index in [1.807, 2.05) is 42.5 Å². The molecule has 7 heteroatoms. The number of hydroxylamine groups is 1. The third-order valence-corrected chi connectivity index (χ3v) is 8.08. The minimum Gasteiger partial charge on any atom is -0.408 e. The minimum absolute atomic E-state index is 0.101. The third kappa shape index (κ3) is 3.31. The lowest BCUT2D eigenvalue weighted by molar-refractivity contribution is -0.309. The van der Waals surface area contributed by atoms with E-state index in [1.54, 1.807) is 0 Å². The molecule has 4 heterocycles. The van der Waals surface area contributed by atoms with Crippen LogP contribution in [0.1, 0.15) is 37.0 Å². The number of ether oxygens (including phenoxy) is 1. The first-order valence-electron chi connectivity index (χ1n) is 12.7. The van der Waals surface area contributed by atoms with Gasteiger partial charge >= 0.3 is 0 Å². The number of nitrogens with zero attached hydrogens (tertiary/aromatic N) is 1. The van der Waals surface area contributed by atoms with Gasteiger partial charge < -0.3 is 20.0 Å². The van der Waals surface area contributed by atoms with Gasteiger partial charge in [-0.3, -0.25) is 9.69 Å². The number of carbonyl (C=O) groups excluding carboxylic acids is 1. The lowest BCUT2D eigenvalue weighted by Crippen LogP contribution is -2.70. The molecular formula is C29H29N3O4. The van der Waals surface area contributed by atoms with Crippen molar-refractivity contribution >= 4 is 11.6 Å². The largest absolute Gasteiger partial charge is 0.408 e. The average molecular weight is 484 g/mol. The van der Waals surface area contributed by atoms with Crippen LogP contribution in [0.15, 0.2) is 77.6 Å². The number of aliphatic hydroxyl groups is 1. The molecule has 0 radical (unpaired) electrons. The first kappa shape index (κ1) is 22.0. The number of benzene rings is 2. The number of hydrogen-bond donors (Lipinski definition) is 3. The molecule has 1 amide bonds. The van der Waals surface area contributed by atoms with Gasteiger partial charge in [-0.2, -0.15) is 5.48 Å². The van der Waals surface area contributed by atoms with Crippen LogP contribution in [0.4, 0.5) is 5.69 Å². The van der Waals surface area contributed by atoms with Crippen molar-refractivity contribution in [3.05, 3.63) is 88.7 Å². The smallest absolute Gasteiger partial charge is 0.238 e. The second kappa shape index (κ2) is 8.15. The minimum atomic E-state index is -0.718. The number of piperidine rings is 1. The van der Waals surface area contributed by atoms with Crippen molar-refractivity contribution in [1.82, 2.24) is 10.4 Å². The molecule has 4 aliphatic heterocycles. The van der Waals surface area contributed by atoms with Crippen molar-refractivity contribution in [2.24, 2.45) is 5.92 Å². The fraction of sp³-hybridized carbons (Fsp3) is 0.345. The molecule has 2 aromatic rings. The monoisotopic (exact) mass is 483 g/mol. The lowest BCUT2D eigenvalue weighted by atomic mass is 9.81. The molecule has 0 saturated carbocycles. The summed E-state index contributed by atoms with van der Waals surface area (Å²) in [5, 5.41) is 13.7. The predicted molar refractivity (Wildman–Crippen MR) is 135 cm³/mol. The maximum atomic E-state index is 13.3. The summed E-state index contributed by atoms with van der Waals surface area (Å²) in [5.74, 6) is 0.919. The van der Waals surface area contributed by atoms with E-state index >= 15 is 0 Å². The first-order chi connectivity index (χ1) is 17.5. The number of fused-ring (bicyclic) bond motifs is 6. The molecule has 8 rings (SSSR count). The summed E-state index contributed by atoms with van der Waals surface area (Å²) in [6.45, 7) is 3.77. The molecule has 0 spiro atoms. The van der Waals surface area contributed by atoms with Gasteiger partial charge in [0.1, 0.15) is 6.10 Å². The zero-order valence-electron chi connectivity index (χ0n) is 20.2. The van der Waals surface area contributed by atoms with E-state index < -0.39 is 11.8 Å². The van der Waals surface area contributed by atoms with Gasteiger partial charge in [0.25, 0.3) is 0 Å². The van der Waals surface area contributed by atoms with Crippen molar-refractivity contribution in [3.8, 4) is 11.1 Å². The van der Waals surface area contributed by atoms with Crippen LogP contribution in [0.25, 0.3) is 11.1 Å². The molecule has 36 heavy (non-hydrogen) atoms. The molecule has 6 aliphatic rings. The van der Waals surface area contributed by atoms with Crippen LogP contribution in [0, 0.1) is 5.92 Å². The molecule has 4 atom stereocenters. The Morgan fingerprint density at radius 2 is 2.06 bits per heavy atom. The number of rotatable bonds is 4. The zero-order valence-corrected chi connectivity index (χ0v) is 20.2. The Hall–Kier alpha value is -3.23. The highest BCUT2D eigenvalue weighted by molar-refractivity contribution is 5.94. The molecule has 2 aliphatic carbocycles. The number of nitrogens with one attached hydrogen (secondary N) is 2. The van der Waals surface area contributed by atoms with Gasteiger partial charge in [0.05, 0.1) is 12.6 Å². The van der Waals surface area contributed by atoms with Crippen molar-refractivity contribution in [3.63, 3.8) is 0 Å². The van der Waals surface area contributed by atoms with Gasteiger partial charge in [-0.1, -0.05) is 54.1 Å². The van der Waals surface area contributed by atoms with Crippen LogP contribution >= 0.6 is 0 Å². The molecule has 2 bridgehead atoms. The van der Waals surface area contributed by atoms with E-state index in [1.165, 1.54) is 5.57 Å². The van der Waals surface area contributed by atoms with Crippen LogP contribution in [0.3, 0.4) is 0 Å². The van der Waals surface area contributed by atoms with Crippen molar-refractivity contribution < 1.29 is 19.5 Å². The highest BCUT2D eigenvalue weighted by Crippen LogP contribution is 2.50. The molecule has 7 nitrogen and oxygen atoms in total. The fourth-order valence-electron chi connectivity index (χ4n) is 6.30. The van der Waals surface area contributed by atoms with E-state index in [0.29, 0.717) is 0 Å². The maximum Gasteiger partial charge on any atom is 0.238 e. The first-order valence-corrected chi connectivity index (χ1v) is 12.7. The molecule has 2 aromatic carbocycles. The van der Waals surface area contributed by atoms with E-state index in [4.69, 9.17) is 9.57 Å². The van der Waals surface area contributed by atoms with E-state index in [2.05, 4.69) is 40.8 Å². The molecule has 4 unspecified atom stereocenters. The second-order valence-electron chi connectivity index (χ2n) is 10.4. The number of carbonyl (C=O) groups is 1. The van der Waals surface area contributed by atoms with Crippen molar-refractivity contribution in [2.45, 2.75) is 37.7 Å². The Labute approximate surface area is 210 Å². The summed E-state index contributed by atoms with van der Waals surface area (Å²) in [6, 6.07) is 13.6. The lowest BCUT2D eigenvalue weighted by Gasteiger charge is -2.59. The Bertz CT molecular complexity index is 1350. The van der Waals surface area contributed by atoms with E-state index in [0.717, 1.165) is 65.2 Å². The molecule has 3 N–H and O–H groups in total. The Morgan fingerprint density at radius 1 is 1.22 bits per heavy atom. The second-order valence-corrected chi connectivity index (χ2v) is 10.4. The molecule has 3 saturated heterocycles. The van der Waals surface area contributed by atoms with Gasteiger partial charge in [-0.25, -0.2) is 0 Å². The van der Waals surface area contributed by atoms with Gasteiger partial charge in [0.2, 0.25) is 5.91 Å². The summed E-state index contributed by atoms with van der Waals surface area (Å²) in [5.41, 5.74) is 9.13. The predicted octanol–water partition coefficient (Wildman–Crippen LogP) is 3.80. The SMILES string of the molecule is CC1=CC2=C(C34CC(CCN3CC(=O)Nc3ccc5c(c3)-c3ccccc3C5O)O4)ONCC2C=C1. The number of anilines is 1. The highest BCUT2D eigenvalue weighted by Gasteiger charge is 2.59. The van der Waals surface area contributed by atoms with E-state index in [-0.39, 0.29) is 24.5 Å². The van der Waals surface area contributed by atoms with Gasteiger partial charge in [0.15, 0.2) is 11.5 Å². The summed E-state index contributed by atoms with van der Waals surface area (Å²) in [7, 11) is 0. The number of aliphatic hydroxyl groups excluding tert-OH is 1. The van der Waals surface area contributed by atoms with Gasteiger partial charge in [-0.15, -0.1) is 0 Å². The summed E-state index contributed by atoms with van der Waals surface area (Å²) in [6.07, 6.45) is 7.81. The molecular weight excluding hydrogens is 454 g/mol. The normalized spacial score (nSPS) is 29.9. The van der Waals surface area contributed by atoms with Crippen LogP contribution in [-0.4, -0.2) is 47.4 Å².